The highest BCUT2D eigenvalue weighted by atomic mass is 19.1. The van der Waals surface area contributed by atoms with Gasteiger partial charge in [0.05, 0.1) is 18.8 Å². The summed E-state index contributed by atoms with van der Waals surface area (Å²) in [7, 11) is 0. The highest BCUT2D eigenvalue weighted by Gasteiger charge is 2.36. The van der Waals surface area contributed by atoms with Crippen LogP contribution in [0.3, 0.4) is 0 Å². The van der Waals surface area contributed by atoms with E-state index in [1.807, 2.05) is 43.3 Å². The molecule has 1 aliphatic rings. The van der Waals surface area contributed by atoms with Crippen LogP contribution in [0, 0.1) is 28.9 Å². The van der Waals surface area contributed by atoms with Crippen LogP contribution in [0.2, 0.25) is 0 Å². The van der Waals surface area contributed by atoms with Gasteiger partial charge in [0.15, 0.2) is 6.79 Å². The fourth-order valence-corrected chi connectivity index (χ4v) is 7.37. The lowest BCUT2D eigenvalue weighted by Gasteiger charge is -2.37. The van der Waals surface area contributed by atoms with Gasteiger partial charge in [-0.25, -0.2) is 32.5 Å². The first-order valence-electron chi connectivity index (χ1n) is 18.3. The maximum atomic E-state index is 15.0. The number of rotatable bonds is 14. The Kier molecular flexibility index (Phi) is 11.3. The number of aromatic nitrogens is 6. The maximum absolute atomic E-state index is 15.0. The highest BCUT2D eigenvalue weighted by molar-refractivity contribution is 5.54. The molecule has 2 atom stereocenters. The normalized spacial score (nSPS) is 15.5. The second-order valence-electron chi connectivity index (χ2n) is 15.1. The van der Waals surface area contributed by atoms with Gasteiger partial charge in [-0.15, -0.1) is 0 Å². The van der Waals surface area contributed by atoms with E-state index < -0.39 is 17.2 Å². The molecule has 0 aliphatic carbocycles. The zero-order chi connectivity index (χ0) is 37.8. The van der Waals surface area contributed by atoms with Gasteiger partial charge in [0.1, 0.15) is 42.0 Å². The third-order valence-corrected chi connectivity index (χ3v) is 10.4. The molecule has 11 nitrogen and oxygen atoms in total. The molecule has 2 unspecified atom stereocenters. The molecule has 1 fully saturated rings. The van der Waals surface area contributed by atoms with Crippen LogP contribution >= 0.6 is 0 Å². The van der Waals surface area contributed by atoms with E-state index in [9.17, 15) is 13.6 Å². The standard InChI is InChI=1S/C40H50F2N8O3/c1-7-40(24-48-26-43-25-44-48,35-17-8-30(41)22-37(35)42)53-28-52-34-15-13-32(14-16-34)47-20-18-46(19-21-47)31-9-11-33(12-10-31)49-27-45-50(38(49)51)23-36(29(2)3)39(4,5)6/h8-17,22,25-27,29,36H,7,18-21,23-24,28H2,1-6H3. The molecule has 1 saturated heterocycles. The summed E-state index contributed by atoms with van der Waals surface area (Å²) in [6.07, 6.45) is 4.93. The summed E-state index contributed by atoms with van der Waals surface area (Å²) >= 11 is 0. The predicted octanol–water partition coefficient (Wildman–Crippen LogP) is 6.91. The van der Waals surface area contributed by atoms with Crippen LogP contribution < -0.4 is 20.2 Å². The zero-order valence-corrected chi connectivity index (χ0v) is 31.5. The smallest absolute Gasteiger partial charge is 0.350 e. The minimum absolute atomic E-state index is 0.0666. The Hall–Kier alpha value is -5.04. The number of anilines is 2. The van der Waals surface area contributed by atoms with Gasteiger partial charge in [-0.3, -0.25) is 0 Å². The number of halogens is 2. The maximum Gasteiger partial charge on any atom is 0.350 e. The summed E-state index contributed by atoms with van der Waals surface area (Å²) in [5, 5.41) is 8.61. The van der Waals surface area contributed by atoms with E-state index in [4.69, 9.17) is 9.47 Å². The summed E-state index contributed by atoms with van der Waals surface area (Å²) in [6.45, 7) is 16.9. The summed E-state index contributed by atoms with van der Waals surface area (Å²) in [4.78, 5) is 21.9. The molecule has 3 aromatic carbocycles. The van der Waals surface area contributed by atoms with Crippen LogP contribution in [-0.2, 0) is 23.4 Å². The van der Waals surface area contributed by atoms with E-state index in [-0.39, 0.29) is 30.0 Å². The quantitative estimate of drug-likeness (QED) is 0.114. The number of nitrogens with zero attached hydrogens (tertiary/aromatic N) is 8. The van der Waals surface area contributed by atoms with Gasteiger partial charge in [-0.2, -0.15) is 10.2 Å². The molecule has 0 saturated carbocycles. The fraction of sp³-hybridized carbons (Fsp3) is 0.450. The van der Waals surface area contributed by atoms with Crippen molar-refractivity contribution in [1.82, 2.24) is 29.1 Å². The third-order valence-electron chi connectivity index (χ3n) is 10.4. The molecule has 3 heterocycles. The topological polar surface area (TPSA) is 95.5 Å². The van der Waals surface area contributed by atoms with Crippen molar-refractivity contribution >= 4 is 11.4 Å². The fourth-order valence-electron chi connectivity index (χ4n) is 7.37. The number of benzene rings is 3. The molecule has 0 bridgehead atoms. The Morgan fingerprint density at radius 2 is 1.45 bits per heavy atom. The van der Waals surface area contributed by atoms with E-state index in [1.54, 1.807) is 20.3 Å². The average Bonchev–Trinajstić information content (AvgIpc) is 3.79. The first kappa shape index (κ1) is 37.7. The van der Waals surface area contributed by atoms with E-state index in [0.717, 1.165) is 49.3 Å². The molecule has 1 aliphatic heterocycles. The number of hydrogen-bond donors (Lipinski definition) is 0. The van der Waals surface area contributed by atoms with Gasteiger partial charge in [-0.05, 0) is 78.3 Å². The van der Waals surface area contributed by atoms with E-state index >= 15 is 0 Å². The summed E-state index contributed by atoms with van der Waals surface area (Å²) in [5.74, 6) is 0.00808. The summed E-state index contributed by atoms with van der Waals surface area (Å²) in [6, 6.07) is 19.4. The average molecular weight is 729 g/mol. The van der Waals surface area contributed by atoms with Crippen molar-refractivity contribution in [3.05, 3.63) is 113 Å². The van der Waals surface area contributed by atoms with E-state index in [0.29, 0.717) is 30.6 Å². The van der Waals surface area contributed by atoms with Crippen molar-refractivity contribution in [3.8, 4) is 11.4 Å². The van der Waals surface area contributed by atoms with Crippen LogP contribution in [0.5, 0.6) is 5.75 Å². The monoisotopic (exact) mass is 728 g/mol. The Bertz CT molecular complexity index is 1980. The minimum atomic E-state index is -1.16. The van der Waals surface area contributed by atoms with Gasteiger partial charge in [0, 0.05) is 49.2 Å². The lowest BCUT2D eigenvalue weighted by Crippen LogP contribution is -2.46. The lowest BCUT2D eigenvalue weighted by molar-refractivity contribution is -0.125. The Morgan fingerprint density at radius 1 is 0.830 bits per heavy atom. The Balaban J connectivity index is 1.03. The second-order valence-corrected chi connectivity index (χ2v) is 15.1. The van der Waals surface area contributed by atoms with Crippen LogP contribution in [0.15, 0.2) is 90.5 Å². The van der Waals surface area contributed by atoms with E-state index in [1.165, 1.54) is 24.8 Å². The number of ether oxygens (including phenoxy) is 2. The molecule has 0 N–H and O–H groups in total. The van der Waals surface area contributed by atoms with Crippen molar-refractivity contribution in [3.63, 3.8) is 0 Å². The second kappa shape index (κ2) is 15.9. The molecule has 2 aromatic heterocycles. The largest absolute Gasteiger partial charge is 0.468 e. The van der Waals surface area contributed by atoms with Crippen LogP contribution in [0.4, 0.5) is 20.2 Å². The molecule has 5 aromatic rings. The zero-order valence-electron chi connectivity index (χ0n) is 31.5. The van der Waals surface area contributed by atoms with Gasteiger partial charge < -0.3 is 19.3 Å². The van der Waals surface area contributed by atoms with E-state index in [2.05, 4.69) is 71.7 Å². The number of piperazine rings is 1. The van der Waals surface area contributed by atoms with Crippen LogP contribution in [0.25, 0.3) is 5.69 Å². The van der Waals surface area contributed by atoms with Gasteiger partial charge in [0.25, 0.3) is 0 Å². The minimum Gasteiger partial charge on any atom is -0.468 e. The first-order chi connectivity index (χ1) is 25.4. The molecule has 53 heavy (non-hydrogen) atoms. The Labute approximate surface area is 309 Å². The molecule has 0 spiro atoms. The van der Waals surface area contributed by atoms with Crippen LogP contribution in [-0.4, -0.2) is 62.1 Å². The highest BCUT2D eigenvalue weighted by Crippen LogP contribution is 2.35. The molecule has 282 valence electrons. The number of hydrogen-bond acceptors (Lipinski definition) is 8. The summed E-state index contributed by atoms with van der Waals surface area (Å²) in [5.41, 5.74) is 2.00. The predicted molar refractivity (Wildman–Crippen MR) is 201 cm³/mol. The van der Waals surface area contributed by atoms with Gasteiger partial charge >= 0.3 is 5.69 Å². The van der Waals surface area contributed by atoms with Gasteiger partial charge in [0.2, 0.25) is 0 Å². The third kappa shape index (κ3) is 8.62. The van der Waals surface area contributed by atoms with Crippen molar-refractivity contribution in [2.24, 2.45) is 17.3 Å². The molecule has 0 radical (unpaired) electrons. The molecule has 0 amide bonds. The van der Waals surface area contributed by atoms with Crippen molar-refractivity contribution in [1.29, 1.82) is 0 Å². The van der Waals surface area contributed by atoms with Gasteiger partial charge in [-0.1, -0.05) is 47.6 Å². The van der Waals surface area contributed by atoms with Crippen LogP contribution in [0.1, 0.15) is 53.5 Å². The molecular formula is C40H50F2N8O3. The van der Waals surface area contributed by atoms with Crippen molar-refractivity contribution in [2.45, 2.75) is 66.7 Å². The lowest BCUT2D eigenvalue weighted by atomic mass is 9.74. The first-order valence-corrected chi connectivity index (χ1v) is 18.3. The SMILES string of the molecule is CCC(Cn1cncn1)(OCOc1ccc(N2CCN(c3ccc(-n4cnn(CC(C(C)C)C(C)(C)C)c4=O)cc3)CC2)cc1)c1ccc(F)cc1F. The molecule has 13 heteroatoms. The summed E-state index contributed by atoms with van der Waals surface area (Å²) < 4.78 is 45.7. The molecule has 6 rings (SSSR count). The van der Waals surface area contributed by atoms with Crippen molar-refractivity contribution in [2.75, 3.05) is 42.8 Å². The Morgan fingerprint density at radius 3 is 2.00 bits per heavy atom. The van der Waals surface area contributed by atoms with Crippen molar-refractivity contribution < 1.29 is 18.3 Å². The molecular weight excluding hydrogens is 678 g/mol.